The van der Waals surface area contributed by atoms with E-state index in [9.17, 15) is 0 Å². The minimum absolute atomic E-state index is 0.134. The van der Waals surface area contributed by atoms with Crippen LogP contribution in [-0.2, 0) is 4.74 Å². The lowest BCUT2D eigenvalue weighted by atomic mass is 10.1. The van der Waals surface area contributed by atoms with Gasteiger partial charge in [-0.15, -0.1) is 0 Å². The highest BCUT2D eigenvalue weighted by molar-refractivity contribution is 5.48. The molecular weight excluding hydrogens is 228 g/mol. The number of rotatable bonds is 2. The number of hydrogen-bond acceptors (Lipinski definition) is 3. The Morgan fingerprint density at radius 2 is 2.17 bits per heavy atom. The molecule has 1 aromatic rings. The van der Waals surface area contributed by atoms with Crippen molar-refractivity contribution in [1.82, 2.24) is 0 Å². The molecule has 0 bridgehead atoms. The topological polar surface area (TPSA) is 38.7 Å². The molecule has 0 amide bonds. The van der Waals surface area contributed by atoms with Crippen molar-refractivity contribution in [3.63, 3.8) is 0 Å². The van der Waals surface area contributed by atoms with E-state index in [1.807, 2.05) is 25.1 Å². The van der Waals surface area contributed by atoms with E-state index in [0.29, 0.717) is 0 Å². The molecule has 1 heterocycles. The van der Waals surface area contributed by atoms with Gasteiger partial charge in [-0.1, -0.05) is 17.9 Å². The summed E-state index contributed by atoms with van der Waals surface area (Å²) >= 11 is 0. The zero-order valence-corrected chi connectivity index (χ0v) is 10.6. The zero-order valence-electron chi connectivity index (χ0n) is 10.6. The molecular formula is C15H18O3. The second-order valence-corrected chi connectivity index (χ2v) is 4.39. The summed E-state index contributed by atoms with van der Waals surface area (Å²) in [5, 5.41) is 8.78. The van der Waals surface area contributed by atoms with E-state index in [-0.39, 0.29) is 12.7 Å². The molecule has 0 aromatic heterocycles. The lowest BCUT2D eigenvalue weighted by Gasteiger charge is -2.24. The van der Waals surface area contributed by atoms with E-state index in [1.54, 1.807) is 0 Å². The van der Waals surface area contributed by atoms with E-state index < -0.39 is 0 Å². The number of benzene rings is 1. The van der Waals surface area contributed by atoms with Crippen molar-refractivity contribution in [3.05, 3.63) is 29.3 Å². The fourth-order valence-electron chi connectivity index (χ4n) is 1.95. The largest absolute Gasteiger partial charge is 0.489 e. The van der Waals surface area contributed by atoms with Gasteiger partial charge in [0.05, 0.1) is 18.8 Å². The number of aliphatic hydroxyl groups is 1. The van der Waals surface area contributed by atoms with Crippen LogP contribution in [0, 0.1) is 18.8 Å². The molecule has 96 valence electrons. The Morgan fingerprint density at radius 3 is 2.89 bits per heavy atom. The van der Waals surface area contributed by atoms with Gasteiger partial charge in [0.1, 0.15) is 18.5 Å². The van der Waals surface area contributed by atoms with Crippen LogP contribution in [0.2, 0.25) is 0 Å². The van der Waals surface area contributed by atoms with Crippen LogP contribution in [-0.4, -0.2) is 31.0 Å². The van der Waals surface area contributed by atoms with Crippen LogP contribution in [0.25, 0.3) is 0 Å². The van der Waals surface area contributed by atoms with Gasteiger partial charge >= 0.3 is 0 Å². The highest BCUT2D eigenvalue weighted by atomic mass is 16.5. The molecule has 0 spiro atoms. The van der Waals surface area contributed by atoms with Gasteiger partial charge in [0.25, 0.3) is 0 Å². The SMILES string of the molecule is Cc1ccc(OC2CCOCC2)c(C#CCO)c1. The third kappa shape index (κ3) is 3.49. The van der Waals surface area contributed by atoms with Crippen LogP contribution in [0.3, 0.4) is 0 Å². The first kappa shape index (κ1) is 12.9. The lowest BCUT2D eigenvalue weighted by Crippen LogP contribution is -2.26. The Bertz CT molecular complexity index is 451. The molecule has 2 rings (SSSR count). The molecule has 3 heteroatoms. The zero-order chi connectivity index (χ0) is 12.8. The Morgan fingerprint density at radius 1 is 1.39 bits per heavy atom. The standard InChI is InChI=1S/C15H18O3/c1-12-4-5-15(13(11-12)3-2-8-16)18-14-6-9-17-10-7-14/h4-5,11,14,16H,6-10H2,1H3. The van der Waals surface area contributed by atoms with Crippen LogP contribution < -0.4 is 4.74 Å². The van der Waals surface area contributed by atoms with Gasteiger partial charge < -0.3 is 14.6 Å². The molecule has 1 fully saturated rings. The quantitative estimate of drug-likeness (QED) is 0.810. The second kappa shape index (κ2) is 6.44. The molecule has 0 unspecified atom stereocenters. The average Bonchev–Trinajstić information content (AvgIpc) is 2.40. The maximum atomic E-state index is 8.78. The Balaban J connectivity index is 2.15. The Labute approximate surface area is 108 Å². The van der Waals surface area contributed by atoms with Crippen LogP contribution in [0.15, 0.2) is 18.2 Å². The first-order valence-electron chi connectivity index (χ1n) is 6.24. The smallest absolute Gasteiger partial charge is 0.135 e. The molecule has 18 heavy (non-hydrogen) atoms. The first-order valence-corrected chi connectivity index (χ1v) is 6.24. The predicted molar refractivity (Wildman–Crippen MR) is 69.6 cm³/mol. The van der Waals surface area contributed by atoms with E-state index in [0.717, 1.165) is 42.9 Å². The van der Waals surface area contributed by atoms with Crippen LogP contribution in [0.5, 0.6) is 5.75 Å². The van der Waals surface area contributed by atoms with E-state index >= 15 is 0 Å². The normalized spacial score (nSPS) is 15.9. The maximum absolute atomic E-state index is 8.78. The van der Waals surface area contributed by atoms with Crippen LogP contribution in [0.4, 0.5) is 0 Å². The number of hydrogen-bond donors (Lipinski definition) is 1. The summed E-state index contributed by atoms with van der Waals surface area (Å²) in [5.74, 6) is 6.41. The molecule has 3 nitrogen and oxygen atoms in total. The van der Waals surface area contributed by atoms with Crippen LogP contribution >= 0.6 is 0 Å². The number of ether oxygens (including phenoxy) is 2. The number of aliphatic hydroxyl groups excluding tert-OH is 1. The fourth-order valence-corrected chi connectivity index (χ4v) is 1.95. The summed E-state index contributed by atoms with van der Waals surface area (Å²) in [7, 11) is 0. The minimum Gasteiger partial charge on any atom is -0.489 e. The lowest BCUT2D eigenvalue weighted by molar-refractivity contribution is 0.0254. The maximum Gasteiger partial charge on any atom is 0.135 e. The molecule has 1 saturated heterocycles. The highest BCUT2D eigenvalue weighted by Gasteiger charge is 2.16. The molecule has 0 radical (unpaired) electrons. The molecule has 0 saturated carbocycles. The first-order chi connectivity index (χ1) is 8.79. The van der Waals surface area contributed by atoms with Crippen molar-refractivity contribution >= 4 is 0 Å². The predicted octanol–water partition coefficient (Wildman–Crippen LogP) is 1.90. The van der Waals surface area contributed by atoms with Crippen molar-refractivity contribution in [2.75, 3.05) is 19.8 Å². The van der Waals surface area contributed by atoms with Crippen molar-refractivity contribution < 1.29 is 14.6 Å². The van der Waals surface area contributed by atoms with Gasteiger partial charge in [0.15, 0.2) is 0 Å². The van der Waals surface area contributed by atoms with Gasteiger partial charge in [-0.05, 0) is 24.6 Å². The molecule has 1 N–H and O–H groups in total. The average molecular weight is 246 g/mol. The Kier molecular flexibility index (Phi) is 4.63. The summed E-state index contributed by atoms with van der Waals surface area (Å²) in [6.45, 7) is 3.40. The van der Waals surface area contributed by atoms with Gasteiger partial charge in [-0.25, -0.2) is 0 Å². The molecule has 0 atom stereocenters. The summed E-state index contributed by atoms with van der Waals surface area (Å²) in [6.07, 6.45) is 2.04. The van der Waals surface area contributed by atoms with E-state index in [1.165, 1.54) is 0 Å². The van der Waals surface area contributed by atoms with Crippen LogP contribution in [0.1, 0.15) is 24.0 Å². The summed E-state index contributed by atoms with van der Waals surface area (Å²) in [5.41, 5.74) is 1.98. The summed E-state index contributed by atoms with van der Waals surface area (Å²) < 4.78 is 11.3. The van der Waals surface area contributed by atoms with Gasteiger partial charge in [-0.2, -0.15) is 0 Å². The van der Waals surface area contributed by atoms with Crippen molar-refractivity contribution in [2.24, 2.45) is 0 Å². The number of aryl methyl sites for hydroxylation is 1. The van der Waals surface area contributed by atoms with Crippen molar-refractivity contribution in [1.29, 1.82) is 0 Å². The van der Waals surface area contributed by atoms with Crippen molar-refractivity contribution in [3.8, 4) is 17.6 Å². The summed E-state index contributed by atoms with van der Waals surface area (Å²) in [4.78, 5) is 0. The van der Waals surface area contributed by atoms with E-state index in [2.05, 4.69) is 11.8 Å². The van der Waals surface area contributed by atoms with Gasteiger partial charge in [0, 0.05) is 12.8 Å². The Hall–Kier alpha value is -1.50. The highest BCUT2D eigenvalue weighted by Crippen LogP contribution is 2.23. The second-order valence-electron chi connectivity index (χ2n) is 4.39. The van der Waals surface area contributed by atoms with Gasteiger partial charge in [-0.3, -0.25) is 0 Å². The van der Waals surface area contributed by atoms with E-state index in [4.69, 9.17) is 14.6 Å². The molecule has 1 aliphatic heterocycles. The minimum atomic E-state index is -0.134. The van der Waals surface area contributed by atoms with Gasteiger partial charge in [0.2, 0.25) is 0 Å². The third-order valence-corrected chi connectivity index (χ3v) is 2.90. The molecule has 1 aromatic carbocycles. The monoisotopic (exact) mass is 246 g/mol. The molecule has 1 aliphatic rings. The van der Waals surface area contributed by atoms with Crippen molar-refractivity contribution in [2.45, 2.75) is 25.9 Å². The third-order valence-electron chi connectivity index (χ3n) is 2.90. The summed E-state index contributed by atoms with van der Waals surface area (Å²) in [6, 6.07) is 5.95. The fraction of sp³-hybridized carbons (Fsp3) is 0.467. The molecule has 0 aliphatic carbocycles.